The third kappa shape index (κ3) is 3.69. The molecule has 3 unspecified atom stereocenters. The molecular formula is C18H22O2. The molecule has 0 aliphatic heterocycles. The third-order valence-corrected chi connectivity index (χ3v) is 3.51. The van der Waals surface area contributed by atoms with Crippen LogP contribution in [0.15, 0.2) is 60.7 Å². The summed E-state index contributed by atoms with van der Waals surface area (Å²) in [5.41, 5.74) is 1.88. The number of rotatable bonds is 6. The van der Waals surface area contributed by atoms with E-state index in [1.165, 1.54) is 0 Å². The van der Waals surface area contributed by atoms with Gasteiger partial charge in [-0.15, -0.1) is 0 Å². The van der Waals surface area contributed by atoms with Crippen LogP contribution in [0.3, 0.4) is 0 Å². The average molecular weight is 270 g/mol. The topological polar surface area (TPSA) is 29.5 Å². The number of hydrogen-bond acceptors (Lipinski definition) is 2. The van der Waals surface area contributed by atoms with Crippen LogP contribution in [-0.4, -0.2) is 11.2 Å². The first kappa shape index (κ1) is 14.8. The van der Waals surface area contributed by atoms with E-state index in [2.05, 4.69) is 6.92 Å². The van der Waals surface area contributed by atoms with Crippen LogP contribution in [-0.2, 0) is 4.74 Å². The minimum Gasteiger partial charge on any atom is -0.385 e. The van der Waals surface area contributed by atoms with Crippen molar-refractivity contribution >= 4 is 0 Å². The fourth-order valence-electron chi connectivity index (χ4n) is 2.15. The molecule has 0 saturated carbocycles. The summed E-state index contributed by atoms with van der Waals surface area (Å²) in [7, 11) is 0. The Labute approximate surface area is 121 Å². The monoisotopic (exact) mass is 270 g/mol. The molecule has 0 radical (unpaired) electrons. The zero-order valence-corrected chi connectivity index (χ0v) is 12.1. The molecule has 0 heterocycles. The van der Waals surface area contributed by atoms with Crippen LogP contribution >= 0.6 is 0 Å². The highest BCUT2D eigenvalue weighted by Gasteiger charge is 2.24. The van der Waals surface area contributed by atoms with Crippen LogP contribution < -0.4 is 0 Å². The van der Waals surface area contributed by atoms with Crippen LogP contribution in [0.4, 0.5) is 0 Å². The van der Waals surface area contributed by atoms with Crippen molar-refractivity contribution in [3.05, 3.63) is 71.8 Å². The van der Waals surface area contributed by atoms with E-state index in [1.807, 2.05) is 67.6 Å². The molecule has 106 valence electrons. The SMILES string of the molecule is CCC(C)OC(c1ccccc1)C(O)c1ccccc1. The molecule has 0 aliphatic rings. The van der Waals surface area contributed by atoms with Crippen molar-refractivity contribution in [3.8, 4) is 0 Å². The zero-order valence-electron chi connectivity index (χ0n) is 12.1. The Hall–Kier alpha value is -1.64. The first-order valence-corrected chi connectivity index (χ1v) is 7.15. The van der Waals surface area contributed by atoms with Crippen molar-refractivity contribution in [3.63, 3.8) is 0 Å². The molecule has 2 aromatic rings. The number of benzene rings is 2. The molecule has 0 bridgehead atoms. The maximum absolute atomic E-state index is 10.7. The summed E-state index contributed by atoms with van der Waals surface area (Å²) in [4.78, 5) is 0. The van der Waals surface area contributed by atoms with Gasteiger partial charge in [0.05, 0.1) is 6.10 Å². The molecule has 0 spiro atoms. The highest BCUT2D eigenvalue weighted by molar-refractivity contribution is 5.25. The fraction of sp³-hybridized carbons (Fsp3) is 0.333. The van der Waals surface area contributed by atoms with Crippen LogP contribution in [0.5, 0.6) is 0 Å². The minimum atomic E-state index is -0.660. The molecule has 0 aliphatic carbocycles. The van der Waals surface area contributed by atoms with Gasteiger partial charge in [-0.05, 0) is 24.5 Å². The summed E-state index contributed by atoms with van der Waals surface area (Å²) < 4.78 is 6.05. The van der Waals surface area contributed by atoms with E-state index < -0.39 is 6.10 Å². The second-order valence-electron chi connectivity index (χ2n) is 5.04. The Morgan fingerprint density at radius 3 is 1.90 bits per heavy atom. The lowest BCUT2D eigenvalue weighted by Crippen LogP contribution is -2.19. The molecule has 0 aromatic heterocycles. The zero-order chi connectivity index (χ0) is 14.4. The number of aliphatic hydroxyl groups is 1. The lowest BCUT2D eigenvalue weighted by Gasteiger charge is -2.27. The fourth-order valence-corrected chi connectivity index (χ4v) is 2.15. The summed E-state index contributed by atoms with van der Waals surface area (Å²) >= 11 is 0. The molecule has 2 heteroatoms. The largest absolute Gasteiger partial charge is 0.385 e. The standard InChI is InChI=1S/C18H22O2/c1-3-14(2)20-18(16-12-8-5-9-13-16)17(19)15-10-6-4-7-11-15/h4-14,17-19H,3H2,1-2H3. The smallest absolute Gasteiger partial charge is 0.113 e. The molecule has 0 amide bonds. The second kappa shape index (κ2) is 7.22. The van der Waals surface area contributed by atoms with E-state index in [4.69, 9.17) is 4.74 Å². The predicted molar refractivity (Wildman–Crippen MR) is 81.4 cm³/mol. The molecule has 2 nitrogen and oxygen atoms in total. The number of ether oxygens (including phenoxy) is 1. The molecule has 20 heavy (non-hydrogen) atoms. The molecule has 0 saturated heterocycles. The van der Waals surface area contributed by atoms with Crippen LogP contribution in [0, 0.1) is 0 Å². The van der Waals surface area contributed by atoms with Gasteiger partial charge in [0.25, 0.3) is 0 Å². The Morgan fingerprint density at radius 2 is 1.40 bits per heavy atom. The Bertz CT molecular complexity index is 495. The maximum Gasteiger partial charge on any atom is 0.113 e. The van der Waals surface area contributed by atoms with E-state index in [0.717, 1.165) is 17.5 Å². The molecule has 3 atom stereocenters. The van der Waals surface area contributed by atoms with E-state index in [9.17, 15) is 5.11 Å². The first-order valence-electron chi connectivity index (χ1n) is 7.15. The van der Waals surface area contributed by atoms with Crippen LogP contribution in [0.25, 0.3) is 0 Å². The van der Waals surface area contributed by atoms with Gasteiger partial charge >= 0.3 is 0 Å². The highest BCUT2D eigenvalue weighted by Crippen LogP contribution is 2.33. The lowest BCUT2D eigenvalue weighted by atomic mass is 9.98. The quantitative estimate of drug-likeness (QED) is 0.849. The average Bonchev–Trinajstić information content (AvgIpc) is 2.53. The molecular weight excluding hydrogens is 248 g/mol. The Morgan fingerprint density at radius 1 is 0.900 bits per heavy atom. The van der Waals surface area contributed by atoms with Gasteiger partial charge < -0.3 is 9.84 Å². The molecule has 0 fully saturated rings. The van der Waals surface area contributed by atoms with E-state index in [0.29, 0.717) is 0 Å². The highest BCUT2D eigenvalue weighted by atomic mass is 16.5. The summed E-state index contributed by atoms with van der Waals surface area (Å²) in [6.45, 7) is 4.12. The van der Waals surface area contributed by atoms with Gasteiger partial charge in [-0.3, -0.25) is 0 Å². The maximum atomic E-state index is 10.7. The summed E-state index contributed by atoms with van der Waals surface area (Å²) in [5, 5.41) is 10.7. The van der Waals surface area contributed by atoms with Crippen molar-refractivity contribution in [2.24, 2.45) is 0 Å². The normalized spacial score (nSPS) is 15.6. The molecule has 2 rings (SSSR count). The van der Waals surface area contributed by atoms with Crippen molar-refractivity contribution < 1.29 is 9.84 Å². The number of aliphatic hydroxyl groups excluding tert-OH is 1. The van der Waals surface area contributed by atoms with E-state index in [1.54, 1.807) is 0 Å². The Kier molecular flexibility index (Phi) is 5.33. The van der Waals surface area contributed by atoms with Gasteiger partial charge in [0.15, 0.2) is 0 Å². The van der Waals surface area contributed by atoms with Crippen molar-refractivity contribution in [2.45, 2.75) is 38.6 Å². The van der Waals surface area contributed by atoms with Crippen molar-refractivity contribution in [1.29, 1.82) is 0 Å². The first-order chi connectivity index (χ1) is 9.72. The lowest BCUT2D eigenvalue weighted by molar-refractivity contribution is -0.0759. The third-order valence-electron chi connectivity index (χ3n) is 3.51. The molecule has 2 aromatic carbocycles. The van der Waals surface area contributed by atoms with Gasteiger partial charge in [-0.2, -0.15) is 0 Å². The van der Waals surface area contributed by atoms with Crippen LogP contribution in [0.1, 0.15) is 43.6 Å². The van der Waals surface area contributed by atoms with Gasteiger partial charge in [-0.25, -0.2) is 0 Å². The van der Waals surface area contributed by atoms with Gasteiger partial charge in [0.1, 0.15) is 12.2 Å². The summed E-state index contributed by atoms with van der Waals surface area (Å²) in [6, 6.07) is 19.6. The van der Waals surface area contributed by atoms with Gasteiger partial charge in [0.2, 0.25) is 0 Å². The molecule has 1 N–H and O–H groups in total. The van der Waals surface area contributed by atoms with Crippen molar-refractivity contribution in [1.82, 2.24) is 0 Å². The van der Waals surface area contributed by atoms with Crippen LogP contribution in [0.2, 0.25) is 0 Å². The summed E-state index contributed by atoms with van der Waals surface area (Å²) in [5.74, 6) is 0. The summed E-state index contributed by atoms with van der Waals surface area (Å²) in [6.07, 6.45) is 0.0323. The predicted octanol–water partition coefficient (Wildman–Crippen LogP) is 4.28. The minimum absolute atomic E-state index is 0.110. The van der Waals surface area contributed by atoms with E-state index >= 15 is 0 Å². The Balaban J connectivity index is 2.27. The second-order valence-corrected chi connectivity index (χ2v) is 5.04. The van der Waals surface area contributed by atoms with Gasteiger partial charge in [0, 0.05) is 0 Å². The van der Waals surface area contributed by atoms with Gasteiger partial charge in [-0.1, -0.05) is 67.6 Å². The van der Waals surface area contributed by atoms with E-state index in [-0.39, 0.29) is 12.2 Å². The van der Waals surface area contributed by atoms with Crippen molar-refractivity contribution in [2.75, 3.05) is 0 Å². The number of hydrogen-bond donors (Lipinski definition) is 1.